The van der Waals surface area contributed by atoms with Crippen LogP contribution >= 0.6 is 23.5 Å². The number of hydrogen-bond donors (Lipinski definition) is 9. The average molecular weight is 1130 g/mol. The zero-order chi connectivity index (χ0) is 58.0. The van der Waals surface area contributed by atoms with Crippen molar-refractivity contribution in [3.63, 3.8) is 0 Å². The number of rotatable bonds is 39. The molecule has 0 spiro atoms. The van der Waals surface area contributed by atoms with E-state index in [0.29, 0.717) is 48.3 Å². The normalized spacial score (nSPS) is 14.0. The van der Waals surface area contributed by atoms with Gasteiger partial charge < -0.3 is 57.3 Å². The highest BCUT2D eigenvalue weighted by molar-refractivity contribution is 7.98. The second-order valence-corrected chi connectivity index (χ2v) is 21.3. The van der Waals surface area contributed by atoms with Crippen LogP contribution in [0, 0.1) is 11.8 Å². The first-order valence-corrected chi connectivity index (χ1v) is 28.8. The number of nitrogens with one attached hydrogen (secondary N) is 9. The molecule has 0 bridgehead atoms. The topological polar surface area (TPSA) is 314 Å². The van der Waals surface area contributed by atoms with Gasteiger partial charge in [-0.2, -0.15) is 23.5 Å². The minimum absolute atomic E-state index is 0.0267. The van der Waals surface area contributed by atoms with Crippen LogP contribution in [0.1, 0.15) is 90.2 Å². The maximum Gasteiger partial charge on any atom is 0.328 e. The van der Waals surface area contributed by atoms with Gasteiger partial charge in [-0.15, -0.1) is 0 Å². The number of methoxy groups -OCH3 is 2. The molecule has 0 fully saturated rings. The fraction of sp³-hybridized carbons (Fsp3) is 0.574. The van der Waals surface area contributed by atoms with Gasteiger partial charge in [-0.1, -0.05) is 88.4 Å². The summed E-state index contributed by atoms with van der Waals surface area (Å²) in [5.74, 6) is -5.30. The molecule has 0 saturated carbocycles. The van der Waals surface area contributed by atoms with Crippen LogP contribution in [0.3, 0.4) is 0 Å². The van der Waals surface area contributed by atoms with Crippen molar-refractivity contribution in [3.8, 4) is 0 Å². The van der Waals surface area contributed by atoms with Gasteiger partial charge in [0, 0.05) is 19.4 Å². The summed E-state index contributed by atoms with van der Waals surface area (Å²) < 4.78 is 9.94. The Hall–Kier alpha value is -6.69. The Morgan fingerprint density at radius 3 is 1.22 bits per heavy atom. The molecule has 0 aromatic heterocycles. The Balaban J connectivity index is 2.20. The van der Waals surface area contributed by atoms with Gasteiger partial charge in [-0.3, -0.25) is 43.2 Å². The highest BCUT2D eigenvalue weighted by atomic mass is 32.2. The molecule has 2 rings (SSSR count). The fourth-order valence-electron chi connectivity index (χ4n) is 8.06. The third-order valence-electron chi connectivity index (χ3n) is 12.1. The molecule has 8 atom stereocenters. The van der Waals surface area contributed by atoms with Gasteiger partial charge in [0.15, 0.2) is 0 Å². The van der Waals surface area contributed by atoms with Gasteiger partial charge in [-0.05, 0) is 91.9 Å². The van der Waals surface area contributed by atoms with Crippen LogP contribution in [0.15, 0.2) is 60.7 Å². The first-order chi connectivity index (χ1) is 37.3. The molecule has 0 saturated heterocycles. The van der Waals surface area contributed by atoms with E-state index in [9.17, 15) is 52.7 Å². The molecule has 2 aromatic carbocycles. The lowest BCUT2D eigenvalue weighted by atomic mass is 10.00. The van der Waals surface area contributed by atoms with Crippen molar-refractivity contribution in [1.29, 1.82) is 0 Å². The van der Waals surface area contributed by atoms with E-state index in [1.54, 1.807) is 60.7 Å². The number of carbonyl (C=O) groups is 11. The van der Waals surface area contributed by atoms with Crippen LogP contribution in [0.5, 0.6) is 0 Å². The second-order valence-electron chi connectivity index (χ2n) is 19.3. The van der Waals surface area contributed by atoms with Crippen molar-refractivity contribution >= 4 is 89.6 Å². The van der Waals surface area contributed by atoms with E-state index in [-0.39, 0.29) is 63.3 Å². The quantitative estimate of drug-likeness (QED) is 0.0258. The Labute approximate surface area is 466 Å². The lowest BCUT2D eigenvalue weighted by Crippen LogP contribution is -2.58. The zero-order valence-electron chi connectivity index (χ0n) is 46.0. The molecule has 78 heavy (non-hydrogen) atoms. The van der Waals surface area contributed by atoms with Crippen LogP contribution in [0.25, 0.3) is 0 Å². The highest BCUT2D eigenvalue weighted by Gasteiger charge is 2.34. The minimum Gasteiger partial charge on any atom is -0.467 e. The third-order valence-corrected chi connectivity index (χ3v) is 13.4. The number of carbonyl (C=O) groups excluding carboxylic acids is 11. The Kier molecular flexibility index (Phi) is 32.8. The number of thioether (sulfide) groups is 2. The van der Waals surface area contributed by atoms with Crippen LogP contribution in [0.2, 0.25) is 0 Å². The zero-order valence-corrected chi connectivity index (χ0v) is 47.7. The van der Waals surface area contributed by atoms with Crippen molar-refractivity contribution < 1.29 is 62.2 Å². The predicted octanol–water partition coefficient (Wildman–Crippen LogP) is 1.23. The lowest BCUT2D eigenvalue weighted by molar-refractivity contribution is -0.147. The molecule has 2 aromatic rings. The van der Waals surface area contributed by atoms with E-state index in [1.165, 1.54) is 23.5 Å². The monoisotopic (exact) mass is 1130 g/mol. The smallest absolute Gasteiger partial charge is 0.328 e. The number of ether oxygens (including phenoxy) is 2. The Bertz CT molecular complexity index is 2230. The molecule has 0 radical (unpaired) electrons. The molecule has 432 valence electrons. The first-order valence-electron chi connectivity index (χ1n) is 26.0. The van der Waals surface area contributed by atoms with Crippen LogP contribution in [-0.4, -0.2) is 159 Å². The molecule has 0 heterocycles. The summed E-state index contributed by atoms with van der Waals surface area (Å²) in [4.78, 5) is 145. The number of benzene rings is 2. The second kappa shape index (κ2) is 38.0. The van der Waals surface area contributed by atoms with E-state index in [1.807, 2.05) is 40.2 Å². The van der Waals surface area contributed by atoms with Gasteiger partial charge in [0.1, 0.15) is 48.3 Å². The van der Waals surface area contributed by atoms with E-state index < -0.39 is 108 Å². The molecule has 0 unspecified atom stereocenters. The maximum atomic E-state index is 14.0. The summed E-state index contributed by atoms with van der Waals surface area (Å²) in [6.45, 7) is 7.49. The Morgan fingerprint density at radius 2 is 0.833 bits per heavy atom. The number of hydrogen-bond acceptors (Lipinski definition) is 15. The fourth-order valence-corrected chi connectivity index (χ4v) is 9.00. The molecule has 9 N–H and O–H groups in total. The third kappa shape index (κ3) is 26.1. The summed E-state index contributed by atoms with van der Waals surface area (Å²) in [6, 6.07) is 8.52. The molecule has 0 aliphatic rings. The average Bonchev–Trinajstić information content (AvgIpc) is 3.41. The molecular formula is C54H81N9O13S2. The maximum absolute atomic E-state index is 14.0. The number of amides is 9. The first kappa shape index (κ1) is 67.4. The number of esters is 2. The van der Waals surface area contributed by atoms with Crippen molar-refractivity contribution in [1.82, 2.24) is 47.9 Å². The molecule has 0 aliphatic heterocycles. The van der Waals surface area contributed by atoms with E-state index >= 15 is 0 Å². The van der Waals surface area contributed by atoms with Crippen LogP contribution in [-0.2, 0) is 75.1 Å². The SMILES string of the molecule is COC(=O)[C@H](CCCCNC(=O)C[C@H](NC(=O)[C@H](Cc1ccccc1)NC(=O)[C@H](CC(C)C)NC(=O)[C@H](CCSC)NC=O)C(=O)OC)NC(=O)[C@H](Cc1ccccc1)NC(=O)[C@H](CC(C)C)NC(=O)[C@H](CCSC)NC=O. The van der Waals surface area contributed by atoms with Crippen molar-refractivity contribution in [2.75, 3.05) is 44.8 Å². The molecule has 0 aliphatic carbocycles. The van der Waals surface area contributed by atoms with Crippen LogP contribution < -0.4 is 47.9 Å². The van der Waals surface area contributed by atoms with Gasteiger partial charge in [0.25, 0.3) is 0 Å². The summed E-state index contributed by atoms with van der Waals surface area (Å²) in [5.41, 5.74) is 1.35. The predicted molar refractivity (Wildman–Crippen MR) is 298 cm³/mol. The Morgan fingerprint density at radius 1 is 0.474 bits per heavy atom. The molecule has 9 amide bonds. The van der Waals surface area contributed by atoms with Crippen molar-refractivity contribution in [2.45, 2.75) is 140 Å². The van der Waals surface area contributed by atoms with Crippen LogP contribution in [0.4, 0.5) is 0 Å². The summed E-state index contributed by atoms with van der Waals surface area (Å²) in [5, 5.41) is 23.9. The molecular weight excluding hydrogens is 1050 g/mol. The van der Waals surface area contributed by atoms with Gasteiger partial charge in [0.05, 0.1) is 20.6 Å². The lowest BCUT2D eigenvalue weighted by Gasteiger charge is -2.27. The van der Waals surface area contributed by atoms with E-state index in [4.69, 9.17) is 9.47 Å². The summed E-state index contributed by atoms with van der Waals surface area (Å²) in [7, 11) is 2.25. The van der Waals surface area contributed by atoms with E-state index in [0.717, 1.165) is 14.2 Å². The van der Waals surface area contributed by atoms with E-state index in [2.05, 4.69) is 47.9 Å². The van der Waals surface area contributed by atoms with Gasteiger partial charge in [0.2, 0.25) is 54.2 Å². The van der Waals surface area contributed by atoms with Gasteiger partial charge in [-0.25, -0.2) is 9.59 Å². The number of unbranched alkanes of at least 4 members (excludes halogenated alkanes) is 1. The molecule has 22 nitrogen and oxygen atoms in total. The highest BCUT2D eigenvalue weighted by Crippen LogP contribution is 2.13. The van der Waals surface area contributed by atoms with Crippen molar-refractivity contribution in [2.24, 2.45) is 11.8 Å². The summed E-state index contributed by atoms with van der Waals surface area (Å²) >= 11 is 2.97. The molecule has 24 heteroatoms. The minimum atomic E-state index is -1.49. The summed E-state index contributed by atoms with van der Waals surface area (Å²) in [6.07, 6.45) is 5.66. The van der Waals surface area contributed by atoms with Gasteiger partial charge >= 0.3 is 11.9 Å². The standard InChI is InChI=1S/C54H81N9O13S2/c1-34(2)27-41(59-47(67)38(56-32-64)22-25-77-7)49(69)61-43(29-36-17-11-9-12-18-36)51(71)58-40(53(73)75-5)21-15-16-24-55-46(66)31-45(54(74)76-6)63-52(72)44(30-37-19-13-10-14-20-37)62-50(70)42(28-35(3)4)60-48(68)39(57-33-65)23-26-78-8/h9-14,17-20,32-35,38-45H,15-16,21-31H2,1-8H3,(H,55,66)(H,56,64)(H,57,65)(H,58,71)(H,59,67)(H,60,68)(H,61,69)(H,62,70)(H,63,72)/t38-,39-,40-,41-,42-,43-,44-,45-/m0/s1. The van der Waals surface area contributed by atoms with Crippen molar-refractivity contribution in [3.05, 3.63) is 71.8 Å². The largest absolute Gasteiger partial charge is 0.467 e.